The van der Waals surface area contributed by atoms with Gasteiger partial charge in [0.15, 0.2) is 11.5 Å². The first kappa shape index (κ1) is 24.5. The van der Waals surface area contributed by atoms with Crippen molar-refractivity contribution in [3.8, 4) is 17.2 Å². The highest BCUT2D eigenvalue weighted by molar-refractivity contribution is 9.10. The number of ether oxygens (including phenoxy) is 3. The average molecular weight is 536 g/mol. The minimum atomic E-state index is -0.224. The van der Waals surface area contributed by atoms with E-state index < -0.39 is 0 Å². The van der Waals surface area contributed by atoms with Crippen molar-refractivity contribution in [2.45, 2.75) is 26.4 Å². The number of nitrogens with zero attached hydrogens (tertiary/aromatic N) is 3. The second-order valence-corrected chi connectivity index (χ2v) is 8.75. The molecule has 0 atom stereocenters. The minimum absolute atomic E-state index is 0.224. The predicted octanol–water partition coefficient (Wildman–Crippen LogP) is 5.59. The quantitative estimate of drug-likeness (QED) is 0.261. The van der Waals surface area contributed by atoms with Crippen molar-refractivity contribution in [2.24, 2.45) is 5.10 Å². The van der Waals surface area contributed by atoms with E-state index in [1.165, 1.54) is 4.68 Å². The first-order valence-corrected chi connectivity index (χ1v) is 12.0. The Balaban J connectivity index is 1.71. The van der Waals surface area contributed by atoms with Gasteiger partial charge in [-0.2, -0.15) is 9.78 Å². The molecule has 8 heteroatoms. The lowest BCUT2D eigenvalue weighted by molar-refractivity contribution is 0.266. The summed E-state index contributed by atoms with van der Waals surface area (Å²) in [5.41, 5.74) is 2.14. The van der Waals surface area contributed by atoms with Crippen LogP contribution < -0.4 is 19.8 Å². The van der Waals surface area contributed by atoms with Gasteiger partial charge in [-0.05, 0) is 42.3 Å². The second kappa shape index (κ2) is 11.2. The summed E-state index contributed by atoms with van der Waals surface area (Å²) in [6, 6.07) is 18.9. The zero-order valence-corrected chi connectivity index (χ0v) is 21.4. The van der Waals surface area contributed by atoms with Crippen LogP contribution in [0, 0.1) is 0 Å². The lowest BCUT2D eigenvalue weighted by atomic mass is 10.2. The first-order valence-electron chi connectivity index (χ1n) is 11.2. The monoisotopic (exact) mass is 535 g/mol. The highest BCUT2D eigenvalue weighted by Crippen LogP contribution is 2.38. The van der Waals surface area contributed by atoms with E-state index in [0.29, 0.717) is 52.6 Å². The van der Waals surface area contributed by atoms with Crippen LogP contribution in [0.4, 0.5) is 0 Å². The van der Waals surface area contributed by atoms with Gasteiger partial charge >= 0.3 is 0 Å². The number of methoxy groups -OCH3 is 2. The fourth-order valence-electron chi connectivity index (χ4n) is 3.67. The Bertz CT molecular complexity index is 1390. The normalized spacial score (nSPS) is 11.2. The third kappa shape index (κ3) is 5.54. The molecule has 0 spiro atoms. The van der Waals surface area contributed by atoms with Crippen LogP contribution in [0.3, 0.4) is 0 Å². The Morgan fingerprint density at radius 3 is 2.40 bits per heavy atom. The Hall–Kier alpha value is -3.65. The summed E-state index contributed by atoms with van der Waals surface area (Å²) in [4.78, 5) is 17.9. The van der Waals surface area contributed by atoms with E-state index in [1.807, 2.05) is 49.4 Å². The van der Waals surface area contributed by atoms with Crippen LogP contribution >= 0.6 is 15.9 Å². The lowest BCUT2D eigenvalue weighted by Gasteiger charge is -2.15. The zero-order chi connectivity index (χ0) is 24.8. The van der Waals surface area contributed by atoms with Gasteiger partial charge < -0.3 is 14.2 Å². The molecule has 7 nitrogen and oxygen atoms in total. The Morgan fingerprint density at radius 2 is 1.74 bits per heavy atom. The molecular weight excluding hydrogens is 510 g/mol. The van der Waals surface area contributed by atoms with Gasteiger partial charge in [0.2, 0.25) is 5.75 Å². The number of fused-ring (bicyclic) bond motifs is 1. The summed E-state index contributed by atoms with van der Waals surface area (Å²) >= 11 is 3.43. The van der Waals surface area contributed by atoms with Crippen LogP contribution in [0.15, 0.2) is 75.0 Å². The fourth-order valence-corrected chi connectivity index (χ4v) is 4.03. The van der Waals surface area contributed by atoms with Crippen LogP contribution in [0.25, 0.3) is 10.9 Å². The van der Waals surface area contributed by atoms with E-state index in [2.05, 4.69) is 26.0 Å². The maximum atomic E-state index is 13.2. The molecule has 0 aliphatic carbocycles. The van der Waals surface area contributed by atoms with Crippen molar-refractivity contribution in [3.05, 3.63) is 92.4 Å². The van der Waals surface area contributed by atoms with E-state index in [9.17, 15) is 4.79 Å². The van der Waals surface area contributed by atoms with Crippen molar-refractivity contribution in [1.82, 2.24) is 9.66 Å². The summed E-state index contributed by atoms with van der Waals surface area (Å²) in [5, 5.41) is 4.99. The number of benzene rings is 3. The standard InChI is InChI=1S/C27H26BrN3O4/c1-4-8-25-30-22-12-11-20(28)15-21(22)27(32)31(25)29-16-19-13-23(33-2)26(24(14-19)34-3)35-17-18-9-6-5-7-10-18/h5-7,9-16H,4,8,17H2,1-3H3. The Labute approximate surface area is 212 Å². The van der Waals surface area contributed by atoms with Gasteiger partial charge in [0.1, 0.15) is 12.4 Å². The van der Waals surface area contributed by atoms with Gasteiger partial charge in [0, 0.05) is 16.5 Å². The predicted molar refractivity (Wildman–Crippen MR) is 141 cm³/mol. The zero-order valence-electron chi connectivity index (χ0n) is 19.8. The molecule has 0 saturated heterocycles. The van der Waals surface area contributed by atoms with Gasteiger partial charge in [0.05, 0.1) is 31.3 Å². The summed E-state index contributed by atoms with van der Waals surface area (Å²) < 4.78 is 19.3. The minimum Gasteiger partial charge on any atom is -0.493 e. The molecule has 35 heavy (non-hydrogen) atoms. The SMILES string of the molecule is CCCc1nc2ccc(Br)cc2c(=O)n1N=Cc1cc(OC)c(OCc2ccccc2)c(OC)c1. The molecule has 3 aromatic carbocycles. The number of rotatable bonds is 9. The molecule has 0 radical (unpaired) electrons. The maximum Gasteiger partial charge on any atom is 0.282 e. The number of hydrogen-bond acceptors (Lipinski definition) is 6. The summed E-state index contributed by atoms with van der Waals surface area (Å²) in [7, 11) is 3.14. The molecular formula is C27H26BrN3O4. The second-order valence-electron chi connectivity index (χ2n) is 7.83. The van der Waals surface area contributed by atoms with Crippen LogP contribution in [-0.4, -0.2) is 30.1 Å². The van der Waals surface area contributed by atoms with Gasteiger partial charge in [-0.3, -0.25) is 4.79 Å². The molecule has 180 valence electrons. The molecule has 0 bridgehead atoms. The lowest BCUT2D eigenvalue weighted by Crippen LogP contribution is -2.22. The smallest absolute Gasteiger partial charge is 0.282 e. The molecule has 0 aliphatic heterocycles. The first-order chi connectivity index (χ1) is 17.0. The van der Waals surface area contributed by atoms with Crippen LogP contribution in [-0.2, 0) is 13.0 Å². The van der Waals surface area contributed by atoms with Gasteiger partial charge in [-0.25, -0.2) is 4.98 Å². The molecule has 0 aliphatic rings. The van der Waals surface area contributed by atoms with Crippen molar-refractivity contribution in [1.29, 1.82) is 0 Å². The van der Waals surface area contributed by atoms with E-state index >= 15 is 0 Å². The van der Waals surface area contributed by atoms with Crippen molar-refractivity contribution < 1.29 is 14.2 Å². The van der Waals surface area contributed by atoms with E-state index in [-0.39, 0.29) is 5.56 Å². The topological polar surface area (TPSA) is 74.9 Å². The molecule has 4 rings (SSSR count). The van der Waals surface area contributed by atoms with E-state index in [1.54, 1.807) is 38.6 Å². The number of aryl methyl sites for hydroxylation is 1. The molecule has 1 heterocycles. The van der Waals surface area contributed by atoms with Crippen LogP contribution in [0.2, 0.25) is 0 Å². The van der Waals surface area contributed by atoms with Crippen LogP contribution in [0.5, 0.6) is 17.2 Å². The molecule has 0 N–H and O–H groups in total. The highest BCUT2D eigenvalue weighted by Gasteiger charge is 2.15. The largest absolute Gasteiger partial charge is 0.493 e. The summed E-state index contributed by atoms with van der Waals surface area (Å²) in [6.07, 6.45) is 3.05. The molecule has 1 aromatic heterocycles. The van der Waals surface area contributed by atoms with Gasteiger partial charge in [-0.1, -0.05) is 53.2 Å². The highest BCUT2D eigenvalue weighted by atomic mass is 79.9. The molecule has 0 unspecified atom stereocenters. The van der Waals surface area contributed by atoms with E-state index in [0.717, 1.165) is 16.5 Å². The molecule has 4 aromatic rings. The third-order valence-electron chi connectivity index (χ3n) is 5.38. The van der Waals surface area contributed by atoms with Gasteiger partial charge in [0.25, 0.3) is 5.56 Å². The summed E-state index contributed by atoms with van der Waals surface area (Å²) in [6.45, 7) is 2.41. The average Bonchev–Trinajstić information content (AvgIpc) is 2.88. The van der Waals surface area contributed by atoms with Gasteiger partial charge in [-0.15, -0.1) is 0 Å². The Morgan fingerprint density at radius 1 is 1.03 bits per heavy atom. The fraction of sp³-hybridized carbons (Fsp3) is 0.222. The third-order valence-corrected chi connectivity index (χ3v) is 5.87. The van der Waals surface area contributed by atoms with Crippen molar-refractivity contribution in [3.63, 3.8) is 0 Å². The van der Waals surface area contributed by atoms with Crippen molar-refractivity contribution >= 4 is 33.0 Å². The maximum absolute atomic E-state index is 13.2. The summed E-state index contributed by atoms with van der Waals surface area (Å²) in [5.74, 6) is 2.11. The number of aromatic nitrogens is 2. The van der Waals surface area contributed by atoms with Crippen LogP contribution in [0.1, 0.15) is 30.3 Å². The Kier molecular flexibility index (Phi) is 7.82. The molecule has 0 saturated carbocycles. The van der Waals surface area contributed by atoms with Crippen molar-refractivity contribution in [2.75, 3.05) is 14.2 Å². The number of halogens is 1. The molecule has 0 fully saturated rings. The van der Waals surface area contributed by atoms with E-state index in [4.69, 9.17) is 14.2 Å². The number of hydrogen-bond donors (Lipinski definition) is 0. The molecule has 0 amide bonds.